The summed E-state index contributed by atoms with van der Waals surface area (Å²) in [5.74, 6) is 0.496. The summed E-state index contributed by atoms with van der Waals surface area (Å²) in [7, 11) is 0. The lowest BCUT2D eigenvalue weighted by Crippen LogP contribution is -2.53. The van der Waals surface area contributed by atoms with Crippen molar-refractivity contribution in [2.45, 2.75) is 51.5 Å². The van der Waals surface area contributed by atoms with E-state index >= 15 is 0 Å². The van der Waals surface area contributed by atoms with Crippen molar-refractivity contribution in [3.63, 3.8) is 0 Å². The van der Waals surface area contributed by atoms with E-state index in [1.165, 1.54) is 12.0 Å². The first-order chi connectivity index (χ1) is 9.03. The summed E-state index contributed by atoms with van der Waals surface area (Å²) in [6, 6.07) is 7.99. The van der Waals surface area contributed by atoms with Crippen molar-refractivity contribution in [2.24, 2.45) is 11.7 Å². The summed E-state index contributed by atoms with van der Waals surface area (Å²) in [4.78, 5) is 12.4. The molecule has 1 aliphatic rings. The number of carbonyl (C=O) groups excluding carboxylic acids is 1. The van der Waals surface area contributed by atoms with Gasteiger partial charge >= 0.3 is 0 Å². The number of rotatable bonds is 3. The van der Waals surface area contributed by atoms with Gasteiger partial charge in [-0.25, -0.2) is 0 Å². The molecule has 0 saturated heterocycles. The van der Waals surface area contributed by atoms with Gasteiger partial charge in [0.25, 0.3) is 0 Å². The van der Waals surface area contributed by atoms with Gasteiger partial charge in [0.2, 0.25) is 5.91 Å². The zero-order valence-electron chi connectivity index (χ0n) is 11.9. The fraction of sp³-hybridized carbons (Fsp3) is 0.562. The molecule has 3 N–H and O–H groups in total. The monoisotopic (exact) mass is 260 g/mol. The third kappa shape index (κ3) is 3.35. The number of nitrogens with two attached hydrogens (primary N) is 1. The number of nitrogens with one attached hydrogen (secondary N) is 1. The molecule has 3 heteroatoms. The zero-order chi connectivity index (χ0) is 13.9. The number of hydrogen-bond donors (Lipinski definition) is 2. The maximum absolute atomic E-state index is 12.4. The van der Waals surface area contributed by atoms with E-state index < -0.39 is 5.54 Å². The lowest BCUT2D eigenvalue weighted by Gasteiger charge is -2.35. The average molecular weight is 260 g/mol. The molecule has 0 radical (unpaired) electrons. The maximum Gasteiger partial charge on any atom is 0.244 e. The van der Waals surface area contributed by atoms with Crippen LogP contribution in [0.1, 0.15) is 45.1 Å². The van der Waals surface area contributed by atoms with Crippen LogP contribution in [0.3, 0.4) is 0 Å². The summed E-state index contributed by atoms with van der Waals surface area (Å²) in [5, 5.41) is 2.96. The van der Waals surface area contributed by atoms with Crippen LogP contribution in [0.15, 0.2) is 24.3 Å². The minimum Gasteiger partial charge on any atom is -0.324 e. The van der Waals surface area contributed by atoms with E-state index in [-0.39, 0.29) is 5.91 Å². The van der Waals surface area contributed by atoms with Crippen molar-refractivity contribution in [1.82, 2.24) is 0 Å². The Bertz CT molecular complexity index is 441. The van der Waals surface area contributed by atoms with Crippen LogP contribution >= 0.6 is 0 Å². The number of hydrogen-bond acceptors (Lipinski definition) is 2. The molecule has 19 heavy (non-hydrogen) atoms. The summed E-state index contributed by atoms with van der Waals surface area (Å²) < 4.78 is 0. The van der Waals surface area contributed by atoms with E-state index in [1.54, 1.807) is 0 Å². The maximum atomic E-state index is 12.4. The Morgan fingerprint density at radius 2 is 2.11 bits per heavy atom. The highest BCUT2D eigenvalue weighted by Gasteiger charge is 2.37. The van der Waals surface area contributed by atoms with Crippen LogP contribution in [-0.4, -0.2) is 11.4 Å². The van der Waals surface area contributed by atoms with Crippen molar-refractivity contribution in [3.8, 4) is 0 Å². The normalized spacial score (nSPS) is 27.0. The lowest BCUT2D eigenvalue weighted by molar-refractivity contribution is -0.122. The molecule has 3 nitrogen and oxygen atoms in total. The molecule has 0 aromatic heterocycles. The van der Waals surface area contributed by atoms with Crippen molar-refractivity contribution < 1.29 is 4.79 Å². The first kappa shape index (κ1) is 14.1. The van der Waals surface area contributed by atoms with E-state index in [4.69, 9.17) is 5.73 Å². The van der Waals surface area contributed by atoms with Gasteiger partial charge in [-0.15, -0.1) is 0 Å². The second-order valence-corrected chi connectivity index (χ2v) is 5.86. The molecule has 1 aromatic rings. The summed E-state index contributed by atoms with van der Waals surface area (Å²) in [6.07, 6.45) is 4.80. The first-order valence-electron chi connectivity index (χ1n) is 7.23. The molecule has 1 amide bonds. The molecule has 1 aromatic carbocycles. The summed E-state index contributed by atoms with van der Waals surface area (Å²) in [5.41, 5.74) is 7.70. The van der Waals surface area contributed by atoms with Crippen molar-refractivity contribution in [1.29, 1.82) is 0 Å². The molecule has 0 aliphatic heterocycles. The number of amides is 1. The van der Waals surface area contributed by atoms with Gasteiger partial charge in [0.15, 0.2) is 0 Å². The number of benzene rings is 1. The topological polar surface area (TPSA) is 55.1 Å². The van der Waals surface area contributed by atoms with Gasteiger partial charge in [-0.2, -0.15) is 0 Å². The van der Waals surface area contributed by atoms with E-state index in [1.807, 2.05) is 24.3 Å². The van der Waals surface area contributed by atoms with Crippen LogP contribution in [0.4, 0.5) is 5.69 Å². The standard InChI is InChI=1S/C16H24N2O/c1-3-13-6-8-14(9-7-13)18-15(19)16(17)10-4-5-12(2)11-16/h6-9,12H,3-5,10-11,17H2,1-2H3,(H,18,19). The quantitative estimate of drug-likeness (QED) is 0.877. The highest BCUT2D eigenvalue weighted by Crippen LogP contribution is 2.31. The fourth-order valence-corrected chi connectivity index (χ4v) is 2.88. The van der Waals surface area contributed by atoms with E-state index in [0.29, 0.717) is 5.92 Å². The Kier molecular flexibility index (Phi) is 4.25. The van der Waals surface area contributed by atoms with Gasteiger partial charge < -0.3 is 11.1 Å². The fourth-order valence-electron chi connectivity index (χ4n) is 2.88. The predicted octanol–water partition coefficient (Wildman–Crippen LogP) is 3.10. The highest BCUT2D eigenvalue weighted by molar-refractivity contribution is 5.98. The minimum absolute atomic E-state index is 0.0386. The Hall–Kier alpha value is -1.35. The summed E-state index contributed by atoms with van der Waals surface area (Å²) in [6.45, 7) is 4.29. The van der Waals surface area contributed by atoms with Crippen molar-refractivity contribution in [2.75, 3.05) is 5.32 Å². The molecule has 0 heterocycles. The number of anilines is 1. The van der Waals surface area contributed by atoms with E-state index in [2.05, 4.69) is 19.2 Å². The highest BCUT2D eigenvalue weighted by atomic mass is 16.2. The van der Waals surface area contributed by atoms with Crippen molar-refractivity contribution >= 4 is 11.6 Å². The second-order valence-electron chi connectivity index (χ2n) is 5.86. The van der Waals surface area contributed by atoms with E-state index in [0.717, 1.165) is 31.4 Å². The smallest absolute Gasteiger partial charge is 0.244 e. The molecule has 104 valence electrons. The van der Waals surface area contributed by atoms with Gasteiger partial charge in [0.05, 0.1) is 5.54 Å². The predicted molar refractivity (Wildman–Crippen MR) is 79.0 cm³/mol. The molecule has 1 fully saturated rings. The molecule has 2 atom stereocenters. The lowest BCUT2D eigenvalue weighted by atomic mass is 9.76. The van der Waals surface area contributed by atoms with Crippen LogP contribution in [0, 0.1) is 5.92 Å². The van der Waals surface area contributed by atoms with Crippen LogP contribution in [0.25, 0.3) is 0 Å². The average Bonchev–Trinajstić information content (AvgIpc) is 2.39. The number of aryl methyl sites for hydroxylation is 1. The minimum atomic E-state index is -0.693. The zero-order valence-corrected chi connectivity index (χ0v) is 11.9. The van der Waals surface area contributed by atoms with E-state index in [9.17, 15) is 4.79 Å². The van der Waals surface area contributed by atoms with Crippen LogP contribution in [-0.2, 0) is 11.2 Å². The first-order valence-corrected chi connectivity index (χ1v) is 7.23. The van der Waals surface area contributed by atoms with Crippen LogP contribution in [0.2, 0.25) is 0 Å². The summed E-state index contributed by atoms with van der Waals surface area (Å²) >= 11 is 0. The Balaban J connectivity index is 2.03. The third-order valence-corrected chi connectivity index (χ3v) is 4.10. The van der Waals surface area contributed by atoms with Crippen LogP contribution in [0.5, 0.6) is 0 Å². The Morgan fingerprint density at radius 3 is 2.68 bits per heavy atom. The second kappa shape index (κ2) is 5.74. The van der Waals surface area contributed by atoms with Gasteiger partial charge in [0.1, 0.15) is 0 Å². The molecule has 1 saturated carbocycles. The van der Waals surface area contributed by atoms with Gasteiger partial charge in [-0.1, -0.05) is 38.8 Å². The Morgan fingerprint density at radius 1 is 1.42 bits per heavy atom. The third-order valence-electron chi connectivity index (χ3n) is 4.10. The molecular formula is C16H24N2O. The van der Waals surface area contributed by atoms with Crippen molar-refractivity contribution in [3.05, 3.63) is 29.8 Å². The molecule has 2 unspecified atom stereocenters. The molecular weight excluding hydrogens is 236 g/mol. The number of carbonyl (C=O) groups is 1. The SMILES string of the molecule is CCc1ccc(NC(=O)C2(N)CCCC(C)C2)cc1. The molecule has 1 aliphatic carbocycles. The Labute approximate surface area is 115 Å². The molecule has 0 spiro atoms. The molecule has 0 bridgehead atoms. The van der Waals surface area contributed by atoms with Gasteiger partial charge in [-0.05, 0) is 42.9 Å². The largest absolute Gasteiger partial charge is 0.324 e. The molecule has 2 rings (SSSR count). The van der Waals surface area contributed by atoms with Crippen LogP contribution < -0.4 is 11.1 Å². The van der Waals surface area contributed by atoms with Gasteiger partial charge in [0, 0.05) is 5.69 Å². The van der Waals surface area contributed by atoms with Gasteiger partial charge in [-0.3, -0.25) is 4.79 Å².